The highest BCUT2D eigenvalue weighted by Crippen LogP contribution is 2.53. The Morgan fingerprint density at radius 1 is 1.29 bits per heavy atom. The van der Waals surface area contributed by atoms with Gasteiger partial charge in [-0.15, -0.1) is 3.71 Å². The van der Waals surface area contributed by atoms with Gasteiger partial charge in [-0.05, 0) is 24.1 Å². The van der Waals surface area contributed by atoms with Crippen molar-refractivity contribution in [3.05, 3.63) is 34.4 Å². The summed E-state index contributed by atoms with van der Waals surface area (Å²) in [7, 11) is -4.40. The molecule has 1 aromatic rings. The molecule has 0 atom stereocenters. The van der Waals surface area contributed by atoms with Crippen LogP contribution in [0.2, 0.25) is 0 Å². The van der Waals surface area contributed by atoms with Gasteiger partial charge in [-0.25, -0.2) is 12.8 Å². The van der Waals surface area contributed by atoms with Crippen molar-refractivity contribution in [1.82, 2.24) is 3.71 Å². The molecule has 0 amide bonds. The van der Waals surface area contributed by atoms with Crippen LogP contribution < -0.4 is 0 Å². The van der Waals surface area contributed by atoms with Crippen molar-refractivity contribution in [2.45, 2.75) is 13.1 Å². The second-order valence-electron chi connectivity index (χ2n) is 3.98. The molecule has 0 aromatic heterocycles. The molecule has 0 saturated heterocycles. The monoisotopic (exact) mass is 455 g/mol. The summed E-state index contributed by atoms with van der Waals surface area (Å²) in [6, 6.07) is 5.30. The maximum atomic E-state index is 13.6. The highest BCUT2D eigenvalue weighted by Gasteiger charge is 2.52. The van der Waals surface area contributed by atoms with E-state index in [-0.39, 0.29) is 17.6 Å². The van der Waals surface area contributed by atoms with Crippen LogP contribution in [0.4, 0.5) is 10.1 Å². The minimum absolute atomic E-state index is 0.0282. The zero-order chi connectivity index (χ0) is 18.8. The summed E-state index contributed by atoms with van der Waals surface area (Å²) in [6.45, 7) is -0.769. The Hall–Kier alpha value is -0.540. The second kappa shape index (κ2) is 7.78. The number of benzene rings is 1. The third kappa shape index (κ3) is 4.98. The molecule has 0 N–H and O–H groups in total. The standard InChI is InChI=1S/C10H6Cl4FN3O4S2/c11-9(12,15)10(13,14)23-17(6-5-16)24(21,22)8-3-1-7(2-4-8)18(19)20/h1-4H,6H2. The first-order valence-electron chi connectivity index (χ1n) is 5.61. The van der Waals surface area contributed by atoms with E-state index in [4.69, 9.17) is 51.7 Å². The van der Waals surface area contributed by atoms with Gasteiger partial charge < -0.3 is 0 Å². The summed E-state index contributed by atoms with van der Waals surface area (Å²) >= 11 is 21.5. The van der Waals surface area contributed by atoms with Gasteiger partial charge in [-0.2, -0.15) is 5.26 Å². The van der Waals surface area contributed by atoms with Gasteiger partial charge in [0.1, 0.15) is 6.54 Å². The lowest BCUT2D eigenvalue weighted by Gasteiger charge is -2.29. The average molecular weight is 457 g/mol. The van der Waals surface area contributed by atoms with E-state index >= 15 is 0 Å². The molecule has 0 spiro atoms. The number of sulfonamides is 1. The van der Waals surface area contributed by atoms with Crippen molar-refractivity contribution >= 4 is 74.1 Å². The van der Waals surface area contributed by atoms with Gasteiger partial charge in [-0.1, -0.05) is 46.4 Å². The molecular formula is C10H6Cl4FN3O4S2. The van der Waals surface area contributed by atoms with E-state index in [1.54, 1.807) is 0 Å². The number of halogens is 5. The molecule has 24 heavy (non-hydrogen) atoms. The second-order valence-corrected chi connectivity index (χ2v) is 10.3. The number of hydrogen-bond donors (Lipinski definition) is 0. The molecule has 0 radical (unpaired) electrons. The molecule has 0 fully saturated rings. The molecular weight excluding hydrogens is 451 g/mol. The van der Waals surface area contributed by atoms with Gasteiger partial charge in [0.2, 0.25) is 3.67 Å². The van der Waals surface area contributed by atoms with Crippen molar-refractivity contribution < 1.29 is 17.7 Å². The van der Waals surface area contributed by atoms with E-state index in [2.05, 4.69) is 0 Å². The van der Waals surface area contributed by atoms with Crippen molar-refractivity contribution in [1.29, 1.82) is 5.26 Å². The zero-order valence-electron chi connectivity index (χ0n) is 11.2. The van der Waals surface area contributed by atoms with Crippen LogP contribution in [0.15, 0.2) is 29.2 Å². The molecule has 0 saturated carbocycles. The lowest BCUT2D eigenvalue weighted by molar-refractivity contribution is -0.384. The minimum atomic E-state index is -4.40. The molecule has 7 nitrogen and oxygen atoms in total. The Bertz CT molecular complexity index is 762. The summed E-state index contributed by atoms with van der Waals surface area (Å²) in [5.74, 6) is 0. The molecule has 14 heteroatoms. The summed E-state index contributed by atoms with van der Waals surface area (Å²) in [5.41, 5.74) is -0.346. The molecule has 0 aliphatic rings. The third-order valence-electron chi connectivity index (χ3n) is 2.36. The highest BCUT2D eigenvalue weighted by molar-refractivity contribution is 8.11. The number of nitrogens with zero attached hydrogens (tertiary/aromatic N) is 3. The molecule has 132 valence electrons. The van der Waals surface area contributed by atoms with Crippen LogP contribution in [0.5, 0.6) is 0 Å². The van der Waals surface area contributed by atoms with Gasteiger partial charge in [0.05, 0.1) is 15.9 Å². The Balaban J connectivity index is 3.23. The first kappa shape index (κ1) is 21.5. The van der Waals surface area contributed by atoms with Crippen molar-refractivity contribution in [2.75, 3.05) is 6.54 Å². The van der Waals surface area contributed by atoms with Crippen LogP contribution in [0.1, 0.15) is 0 Å². The number of nitriles is 1. The number of alkyl halides is 5. The normalized spacial score (nSPS) is 12.9. The number of nitro groups is 1. The van der Waals surface area contributed by atoms with E-state index in [0.717, 1.165) is 24.3 Å². The Morgan fingerprint density at radius 3 is 2.17 bits per heavy atom. The lowest BCUT2D eigenvalue weighted by atomic mass is 10.3. The number of rotatable bonds is 7. The molecule has 1 rings (SSSR count). The van der Waals surface area contributed by atoms with E-state index in [1.807, 2.05) is 0 Å². The smallest absolute Gasteiger partial charge is 0.258 e. The van der Waals surface area contributed by atoms with Gasteiger partial charge in [0.15, 0.2) is 0 Å². The topological polar surface area (TPSA) is 104 Å². The van der Waals surface area contributed by atoms with E-state index < -0.39 is 34.6 Å². The third-order valence-corrected chi connectivity index (χ3v) is 7.66. The molecule has 1 aromatic carbocycles. The fraction of sp³-hybridized carbons (Fsp3) is 0.300. The van der Waals surface area contributed by atoms with Crippen molar-refractivity contribution in [3.63, 3.8) is 0 Å². The van der Waals surface area contributed by atoms with Gasteiger partial charge in [-0.3, -0.25) is 10.1 Å². The maximum absolute atomic E-state index is 13.6. The summed E-state index contributed by atoms with van der Waals surface area (Å²) in [6.07, 6.45) is 0. The largest absolute Gasteiger partial charge is 0.301 e. The zero-order valence-corrected chi connectivity index (χ0v) is 15.9. The fourth-order valence-electron chi connectivity index (χ4n) is 1.26. The van der Waals surface area contributed by atoms with Crippen LogP contribution in [0, 0.1) is 21.4 Å². The Morgan fingerprint density at radius 2 is 1.79 bits per heavy atom. The number of hydrogen-bond acceptors (Lipinski definition) is 6. The van der Waals surface area contributed by atoms with Crippen molar-refractivity contribution in [2.24, 2.45) is 0 Å². The predicted molar refractivity (Wildman–Crippen MR) is 90.2 cm³/mol. The van der Waals surface area contributed by atoms with Crippen LogP contribution in [-0.4, -0.2) is 31.8 Å². The van der Waals surface area contributed by atoms with Gasteiger partial charge in [0, 0.05) is 12.1 Å². The Kier molecular flexibility index (Phi) is 6.97. The SMILES string of the molecule is N#CCN(SC(Cl)(Cl)C(F)(Cl)Cl)S(=O)(=O)c1ccc([N+](=O)[O-])cc1. The van der Waals surface area contributed by atoms with E-state index in [1.165, 1.54) is 6.07 Å². The number of nitro benzene ring substituents is 1. The summed E-state index contributed by atoms with van der Waals surface area (Å²) in [5, 5.41) is 19.3. The molecule has 0 unspecified atom stereocenters. The van der Waals surface area contributed by atoms with Gasteiger partial charge >= 0.3 is 4.59 Å². The molecule has 0 aliphatic heterocycles. The minimum Gasteiger partial charge on any atom is -0.258 e. The maximum Gasteiger partial charge on any atom is 0.301 e. The predicted octanol–water partition coefficient (Wildman–Crippen LogP) is 3.99. The summed E-state index contributed by atoms with van der Waals surface area (Å²) < 4.78 is 33.0. The van der Waals surface area contributed by atoms with E-state index in [0.29, 0.717) is 3.71 Å². The number of non-ortho nitro benzene ring substituents is 1. The molecule has 0 bridgehead atoms. The summed E-state index contributed by atoms with van der Waals surface area (Å²) in [4.78, 5) is 9.46. The van der Waals surface area contributed by atoms with Crippen LogP contribution in [0.3, 0.4) is 0 Å². The molecule has 0 heterocycles. The van der Waals surface area contributed by atoms with Crippen molar-refractivity contribution in [3.8, 4) is 6.07 Å². The van der Waals surface area contributed by atoms with Crippen LogP contribution in [-0.2, 0) is 10.0 Å². The lowest BCUT2D eigenvalue weighted by Crippen LogP contribution is -2.36. The fourth-order valence-corrected chi connectivity index (χ4v) is 4.62. The van der Waals surface area contributed by atoms with Gasteiger partial charge in [0.25, 0.3) is 15.7 Å². The average Bonchev–Trinajstić information content (AvgIpc) is 2.45. The first-order chi connectivity index (χ1) is 10.8. The molecule has 0 aliphatic carbocycles. The van der Waals surface area contributed by atoms with Crippen LogP contribution in [0.25, 0.3) is 0 Å². The highest BCUT2D eigenvalue weighted by atomic mass is 35.5. The Labute approximate surface area is 160 Å². The quantitative estimate of drug-likeness (QED) is 0.202. The van der Waals surface area contributed by atoms with E-state index in [9.17, 15) is 22.9 Å². The first-order valence-corrected chi connectivity index (χ1v) is 9.33. The van der Waals surface area contributed by atoms with Crippen LogP contribution >= 0.6 is 58.4 Å².